The van der Waals surface area contributed by atoms with Gasteiger partial charge in [0.25, 0.3) is 0 Å². The Balaban J connectivity index is 1.56. The van der Waals surface area contributed by atoms with Gasteiger partial charge in [0.1, 0.15) is 0 Å². The van der Waals surface area contributed by atoms with E-state index in [1.54, 1.807) is 0 Å². The van der Waals surface area contributed by atoms with E-state index in [4.69, 9.17) is 5.73 Å². The van der Waals surface area contributed by atoms with E-state index in [9.17, 15) is 9.59 Å². The first-order valence-electron chi connectivity index (χ1n) is 7.89. The zero-order chi connectivity index (χ0) is 14.3. The van der Waals surface area contributed by atoms with Crippen molar-refractivity contribution in [3.8, 4) is 0 Å². The molecule has 5 heteroatoms. The highest BCUT2D eigenvalue weighted by Crippen LogP contribution is 2.37. The molecule has 0 aromatic rings. The highest BCUT2D eigenvalue weighted by atomic mass is 16.2. The zero-order valence-electron chi connectivity index (χ0n) is 12.2. The number of carbonyl (C=O) groups is 2. The van der Waals surface area contributed by atoms with Crippen molar-refractivity contribution in [3.05, 3.63) is 0 Å². The SMILES string of the molecule is C[C@@H]1C[C@H]1N1C[C@H](NC(=O)C2(N)CCCCC2)CC1=O. The van der Waals surface area contributed by atoms with E-state index in [0.717, 1.165) is 32.1 Å². The molecular formula is C15H25N3O2. The Bertz CT molecular complexity index is 417. The minimum absolute atomic E-state index is 0.0508. The molecule has 0 aromatic carbocycles. The van der Waals surface area contributed by atoms with Gasteiger partial charge in [0, 0.05) is 19.0 Å². The molecule has 3 aliphatic rings. The van der Waals surface area contributed by atoms with Gasteiger partial charge in [-0.15, -0.1) is 0 Å². The summed E-state index contributed by atoms with van der Waals surface area (Å²) in [7, 11) is 0. The van der Waals surface area contributed by atoms with Gasteiger partial charge >= 0.3 is 0 Å². The maximum Gasteiger partial charge on any atom is 0.240 e. The van der Waals surface area contributed by atoms with E-state index in [1.807, 2.05) is 4.90 Å². The van der Waals surface area contributed by atoms with Gasteiger partial charge in [-0.25, -0.2) is 0 Å². The zero-order valence-corrected chi connectivity index (χ0v) is 12.2. The Morgan fingerprint density at radius 3 is 2.60 bits per heavy atom. The van der Waals surface area contributed by atoms with Crippen molar-refractivity contribution in [3.63, 3.8) is 0 Å². The van der Waals surface area contributed by atoms with E-state index < -0.39 is 5.54 Å². The molecule has 0 spiro atoms. The molecule has 0 unspecified atom stereocenters. The minimum Gasteiger partial charge on any atom is -0.349 e. The number of carbonyl (C=O) groups excluding carboxylic acids is 2. The lowest BCUT2D eigenvalue weighted by molar-refractivity contribution is -0.128. The highest BCUT2D eigenvalue weighted by molar-refractivity contribution is 5.88. The molecule has 3 N–H and O–H groups in total. The van der Waals surface area contributed by atoms with Crippen LogP contribution in [-0.4, -0.2) is 40.9 Å². The third-order valence-corrected chi connectivity index (χ3v) is 5.16. The van der Waals surface area contributed by atoms with E-state index in [2.05, 4.69) is 12.2 Å². The van der Waals surface area contributed by atoms with Crippen LogP contribution in [0, 0.1) is 5.92 Å². The standard InChI is InChI=1S/C15H25N3O2/c1-10-7-12(10)18-9-11(8-13(18)19)17-14(20)15(16)5-3-2-4-6-15/h10-12H,2-9,16H2,1H3,(H,17,20)/t10-,11-,12-/m1/s1. The van der Waals surface area contributed by atoms with Crippen molar-refractivity contribution in [1.82, 2.24) is 10.2 Å². The van der Waals surface area contributed by atoms with E-state index in [0.29, 0.717) is 24.9 Å². The fraction of sp³-hybridized carbons (Fsp3) is 0.867. The molecule has 1 heterocycles. The van der Waals surface area contributed by atoms with Crippen LogP contribution in [0.3, 0.4) is 0 Å². The van der Waals surface area contributed by atoms with Crippen molar-refractivity contribution >= 4 is 11.8 Å². The van der Waals surface area contributed by atoms with Crippen molar-refractivity contribution in [1.29, 1.82) is 0 Å². The van der Waals surface area contributed by atoms with Crippen molar-refractivity contribution in [2.75, 3.05) is 6.54 Å². The molecule has 20 heavy (non-hydrogen) atoms. The summed E-state index contributed by atoms with van der Waals surface area (Å²) in [5.41, 5.74) is 5.53. The number of nitrogens with one attached hydrogen (secondary N) is 1. The van der Waals surface area contributed by atoms with Gasteiger partial charge in [-0.05, 0) is 25.2 Å². The highest BCUT2D eigenvalue weighted by Gasteiger charge is 2.46. The van der Waals surface area contributed by atoms with Gasteiger partial charge in [0.2, 0.25) is 11.8 Å². The van der Waals surface area contributed by atoms with Crippen molar-refractivity contribution < 1.29 is 9.59 Å². The molecule has 3 atom stereocenters. The van der Waals surface area contributed by atoms with Crippen LogP contribution in [0.2, 0.25) is 0 Å². The smallest absolute Gasteiger partial charge is 0.240 e. The number of hydrogen-bond donors (Lipinski definition) is 2. The fourth-order valence-electron chi connectivity index (χ4n) is 3.62. The molecule has 5 nitrogen and oxygen atoms in total. The largest absolute Gasteiger partial charge is 0.349 e. The first-order chi connectivity index (χ1) is 9.49. The summed E-state index contributed by atoms with van der Waals surface area (Å²) in [6.07, 6.45) is 6.30. The summed E-state index contributed by atoms with van der Waals surface area (Å²) in [5, 5.41) is 3.02. The number of amides is 2. The molecule has 1 saturated heterocycles. The number of likely N-dealkylation sites (tertiary alicyclic amines) is 1. The molecule has 0 radical (unpaired) electrons. The van der Waals surface area contributed by atoms with E-state index >= 15 is 0 Å². The Morgan fingerprint density at radius 1 is 1.35 bits per heavy atom. The summed E-state index contributed by atoms with van der Waals surface area (Å²) in [4.78, 5) is 26.3. The van der Waals surface area contributed by atoms with Crippen LogP contribution in [0.4, 0.5) is 0 Å². The number of nitrogens with zero attached hydrogens (tertiary/aromatic N) is 1. The predicted octanol–water partition coefficient (Wildman–Crippen LogP) is 0.773. The number of nitrogens with two attached hydrogens (primary N) is 1. The normalized spacial score (nSPS) is 36.0. The molecule has 3 fully saturated rings. The van der Waals surface area contributed by atoms with Gasteiger partial charge in [0.05, 0.1) is 11.6 Å². The molecule has 1 aliphatic heterocycles. The van der Waals surface area contributed by atoms with Crippen LogP contribution >= 0.6 is 0 Å². The Labute approximate surface area is 120 Å². The molecule has 0 aromatic heterocycles. The average molecular weight is 279 g/mol. The predicted molar refractivity (Wildman–Crippen MR) is 75.8 cm³/mol. The lowest BCUT2D eigenvalue weighted by Gasteiger charge is -2.32. The van der Waals surface area contributed by atoms with E-state index in [-0.39, 0.29) is 17.9 Å². The van der Waals surface area contributed by atoms with Crippen LogP contribution in [0.5, 0.6) is 0 Å². The van der Waals surface area contributed by atoms with Crippen LogP contribution in [0.1, 0.15) is 51.9 Å². The number of rotatable bonds is 3. The second kappa shape index (κ2) is 5.02. The van der Waals surface area contributed by atoms with Crippen LogP contribution < -0.4 is 11.1 Å². The van der Waals surface area contributed by atoms with Crippen LogP contribution in [-0.2, 0) is 9.59 Å². The Hall–Kier alpha value is -1.10. The third-order valence-electron chi connectivity index (χ3n) is 5.16. The summed E-state index contributed by atoms with van der Waals surface area (Å²) in [6.45, 7) is 2.83. The maximum absolute atomic E-state index is 12.4. The summed E-state index contributed by atoms with van der Waals surface area (Å²) < 4.78 is 0. The quantitative estimate of drug-likeness (QED) is 0.801. The van der Waals surface area contributed by atoms with Gasteiger partial charge in [-0.2, -0.15) is 0 Å². The fourth-order valence-corrected chi connectivity index (χ4v) is 3.62. The first kappa shape index (κ1) is 13.9. The lowest BCUT2D eigenvalue weighted by atomic mass is 9.81. The maximum atomic E-state index is 12.4. The third kappa shape index (κ3) is 2.55. The van der Waals surface area contributed by atoms with Gasteiger partial charge < -0.3 is 16.0 Å². The molecule has 2 saturated carbocycles. The number of hydrogen-bond acceptors (Lipinski definition) is 3. The van der Waals surface area contributed by atoms with E-state index in [1.165, 1.54) is 6.42 Å². The van der Waals surface area contributed by atoms with Crippen molar-refractivity contribution in [2.24, 2.45) is 11.7 Å². The van der Waals surface area contributed by atoms with Gasteiger partial charge in [0.15, 0.2) is 0 Å². The summed E-state index contributed by atoms with van der Waals surface area (Å²) >= 11 is 0. The Morgan fingerprint density at radius 2 is 2.00 bits per heavy atom. The monoisotopic (exact) mass is 279 g/mol. The molecule has 2 aliphatic carbocycles. The van der Waals surface area contributed by atoms with Crippen LogP contribution in [0.15, 0.2) is 0 Å². The van der Waals surface area contributed by atoms with Crippen molar-refractivity contribution in [2.45, 2.75) is 69.5 Å². The second-order valence-corrected chi connectivity index (χ2v) is 6.92. The molecule has 2 amide bonds. The van der Waals surface area contributed by atoms with Gasteiger partial charge in [-0.1, -0.05) is 26.2 Å². The molecule has 112 valence electrons. The summed E-state index contributed by atoms with van der Waals surface area (Å²) in [6, 6.07) is 0.357. The minimum atomic E-state index is -0.707. The Kier molecular flexibility index (Phi) is 3.48. The first-order valence-corrected chi connectivity index (χ1v) is 7.89. The van der Waals surface area contributed by atoms with Gasteiger partial charge in [-0.3, -0.25) is 9.59 Å². The molecule has 0 bridgehead atoms. The van der Waals surface area contributed by atoms with Crippen LogP contribution in [0.25, 0.3) is 0 Å². The molecule has 3 rings (SSSR count). The topological polar surface area (TPSA) is 75.4 Å². The average Bonchev–Trinajstić information content (AvgIpc) is 3.01. The lowest BCUT2D eigenvalue weighted by Crippen LogP contribution is -2.57. The molecular weight excluding hydrogens is 254 g/mol. The summed E-state index contributed by atoms with van der Waals surface area (Å²) in [5.74, 6) is 0.743. The second-order valence-electron chi connectivity index (χ2n) is 6.92.